The van der Waals surface area contributed by atoms with Crippen molar-refractivity contribution in [3.8, 4) is 0 Å². The fourth-order valence-corrected chi connectivity index (χ4v) is 4.32. The third-order valence-electron chi connectivity index (χ3n) is 4.24. The van der Waals surface area contributed by atoms with E-state index < -0.39 is 7.60 Å². The molecule has 3 aromatic rings. The van der Waals surface area contributed by atoms with Crippen LogP contribution in [0.15, 0.2) is 91.0 Å². The second-order valence-electron chi connectivity index (χ2n) is 5.98. The minimum absolute atomic E-state index is 0. The number of allylic oxidation sites excluding steroid dienone is 2. The molecule has 1 aliphatic heterocycles. The van der Waals surface area contributed by atoms with Crippen molar-refractivity contribution in [2.75, 3.05) is 0 Å². The first-order valence-electron chi connectivity index (χ1n) is 8.30. The van der Waals surface area contributed by atoms with Gasteiger partial charge in [0.25, 0.3) is 0 Å². The van der Waals surface area contributed by atoms with Gasteiger partial charge in [0.15, 0.2) is 0 Å². The van der Waals surface area contributed by atoms with Gasteiger partial charge in [-0.05, 0) is 17.7 Å². The van der Waals surface area contributed by atoms with Gasteiger partial charge in [-0.1, -0.05) is 84.9 Å². The third kappa shape index (κ3) is 4.29. The predicted octanol–water partition coefficient (Wildman–Crippen LogP) is 4.73. The third-order valence-corrected chi connectivity index (χ3v) is 5.67. The summed E-state index contributed by atoms with van der Waals surface area (Å²) in [6.07, 6.45) is 3.92. The van der Waals surface area contributed by atoms with Crippen LogP contribution in [-0.2, 0) is 9.09 Å². The van der Waals surface area contributed by atoms with Crippen LogP contribution in [0.4, 0.5) is 0 Å². The summed E-state index contributed by atoms with van der Waals surface area (Å²) in [6, 6.07) is 26.4. The molecule has 0 saturated carbocycles. The zero-order chi connectivity index (χ0) is 18.0. The van der Waals surface area contributed by atoms with Crippen LogP contribution >= 0.6 is 7.60 Å². The second-order valence-corrected chi connectivity index (χ2v) is 7.69. The molecule has 0 amide bonds. The number of hydrogen-bond acceptors (Lipinski definition) is 2. The Morgan fingerprint density at radius 1 is 0.778 bits per heavy atom. The van der Waals surface area contributed by atoms with Crippen LogP contribution in [0.25, 0.3) is 17.4 Å². The molecule has 0 spiro atoms. The molecule has 0 fully saturated rings. The van der Waals surface area contributed by atoms with Crippen molar-refractivity contribution in [2.45, 2.75) is 0 Å². The van der Waals surface area contributed by atoms with Gasteiger partial charge >= 0.3 is 45.3 Å². The van der Waals surface area contributed by atoms with Gasteiger partial charge in [0.1, 0.15) is 5.76 Å². The summed E-state index contributed by atoms with van der Waals surface area (Å²) in [5, 5.41) is 0.326. The molecule has 0 saturated heterocycles. The first-order valence-corrected chi connectivity index (χ1v) is 9.88. The summed E-state index contributed by atoms with van der Waals surface area (Å²) >= 11 is 0. The molecule has 1 atom stereocenters. The van der Waals surface area contributed by atoms with Gasteiger partial charge < -0.3 is 9.42 Å². The van der Waals surface area contributed by atoms with Crippen LogP contribution in [0.2, 0.25) is 0 Å². The van der Waals surface area contributed by atoms with E-state index in [1.54, 1.807) is 12.1 Å². The van der Waals surface area contributed by atoms with Crippen molar-refractivity contribution < 1.29 is 14.0 Å². The summed E-state index contributed by atoms with van der Waals surface area (Å²) in [7, 11) is -3.92. The van der Waals surface area contributed by atoms with Gasteiger partial charge in [-0.15, -0.1) is 0 Å². The van der Waals surface area contributed by atoms with E-state index in [4.69, 9.17) is 4.52 Å². The average molecular weight is 400 g/mol. The fraction of sp³-hybridized carbons (Fsp3) is 0. The van der Waals surface area contributed by atoms with E-state index in [1.807, 2.05) is 84.9 Å². The Balaban J connectivity index is 0.00000210. The molecule has 0 radical (unpaired) electrons. The quantitative estimate of drug-likeness (QED) is 0.511. The summed E-state index contributed by atoms with van der Waals surface area (Å²) < 4.78 is 18.4. The molecular weight excluding hydrogens is 383 g/mol. The van der Waals surface area contributed by atoms with E-state index in [0.29, 0.717) is 11.1 Å². The molecule has 1 N–H and O–H groups in total. The number of hydrogen-bond donors (Lipinski definition) is 1. The normalized spacial score (nSPS) is 18.6. The monoisotopic (exact) mass is 400 g/mol. The van der Waals surface area contributed by atoms with E-state index in [0.717, 1.165) is 22.3 Å². The van der Waals surface area contributed by atoms with Gasteiger partial charge in [0, 0.05) is 16.7 Å². The molecule has 1 aliphatic rings. The maximum absolute atomic E-state index is 12.7. The Labute approximate surface area is 188 Å². The topological polar surface area (TPSA) is 46.5 Å². The molecule has 128 valence electrons. The van der Waals surface area contributed by atoms with E-state index in [2.05, 4.69) is 0 Å². The smallest absolute Gasteiger partial charge is 0.420 e. The fourth-order valence-electron chi connectivity index (χ4n) is 3.00. The van der Waals surface area contributed by atoms with Crippen LogP contribution in [0.1, 0.15) is 16.7 Å². The first kappa shape index (κ1) is 20.1. The van der Waals surface area contributed by atoms with Crippen LogP contribution in [0.5, 0.6) is 0 Å². The van der Waals surface area contributed by atoms with Crippen molar-refractivity contribution >= 4 is 68.0 Å². The Hall–Kier alpha value is -1.61. The molecule has 3 nitrogen and oxygen atoms in total. The molecule has 0 aromatic heterocycles. The molecule has 0 aliphatic carbocycles. The van der Waals surface area contributed by atoms with E-state index in [-0.39, 0.29) is 37.7 Å². The van der Waals surface area contributed by atoms with Gasteiger partial charge in [-0.3, -0.25) is 0 Å². The largest absolute Gasteiger partial charge is 2.00 e. The summed E-state index contributed by atoms with van der Waals surface area (Å²) in [5.74, 6) is 0.419. The Kier molecular flexibility index (Phi) is 6.41. The maximum Gasteiger partial charge on any atom is 2.00 e. The zero-order valence-electron chi connectivity index (χ0n) is 14.7. The minimum atomic E-state index is -3.92. The first-order chi connectivity index (χ1) is 12.6. The number of benzene rings is 3. The van der Waals surface area contributed by atoms with Crippen molar-refractivity contribution in [1.82, 2.24) is 0 Å². The van der Waals surface area contributed by atoms with Crippen molar-refractivity contribution in [3.05, 3.63) is 108 Å². The Morgan fingerprint density at radius 3 is 2.07 bits per heavy atom. The Morgan fingerprint density at radius 2 is 1.37 bits per heavy atom. The molecular formula is C22H17CaO3P+2. The second kappa shape index (κ2) is 8.60. The maximum atomic E-state index is 12.7. The Bertz CT molecular complexity index is 1040. The average Bonchev–Trinajstić information content (AvgIpc) is 2.68. The van der Waals surface area contributed by atoms with Crippen LogP contribution in [0, 0.1) is 0 Å². The SMILES string of the molecule is O=P1(O)OC(c2ccccc2)=C(/C=C/c2ccccc2)c2ccccc21.[Ca+2]. The van der Waals surface area contributed by atoms with Crippen LogP contribution in [0.3, 0.4) is 0 Å². The van der Waals surface area contributed by atoms with E-state index in [9.17, 15) is 9.46 Å². The van der Waals surface area contributed by atoms with Gasteiger partial charge in [-0.25, -0.2) is 4.57 Å². The van der Waals surface area contributed by atoms with Gasteiger partial charge in [0.05, 0.1) is 5.30 Å². The predicted molar refractivity (Wildman–Crippen MR) is 111 cm³/mol. The van der Waals surface area contributed by atoms with Crippen molar-refractivity contribution in [2.24, 2.45) is 0 Å². The molecule has 27 heavy (non-hydrogen) atoms. The molecule has 3 aromatic carbocycles. The van der Waals surface area contributed by atoms with Crippen LogP contribution in [-0.4, -0.2) is 42.6 Å². The summed E-state index contributed by atoms with van der Waals surface area (Å²) in [6.45, 7) is 0. The van der Waals surface area contributed by atoms with Crippen molar-refractivity contribution in [1.29, 1.82) is 0 Å². The number of rotatable bonds is 3. The summed E-state index contributed by atoms with van der Waals surface area (Å²) in [5.41, 5.74) is 3.32. The van der Waals surface area contributed by atoms with E-state index >= 15 is 0 Å². The van der Waals surface area contributed by atoms with Gasteiger partial charge in [-0.2, -0.15) is 0 Å². The molecule has 0 bridgehead atoms. The number of fused-ring (bicyclic) bond motifs is 1. The van der Waals surface area contributed by atoms with Crippen LogP contribution < -0.4 is 5.30 Å². The molecule has 1 heterocycles. The molecule has 5 heteroatoms. The van der Waals surface area contributed by atoms with Crippen molar-refractivity contribution in [3.63, 3.8) is 0 Å². The zero-order valence-corrected chi connectivity index (χ0v) is 17.8. The van der Waals surface area contributed by atoms with Gasteiger partial charge in [0.2, 0.25) is 0 Å². The molecule has 4 rings (SSSR count). The standard InChI is InChI=1S/C22H17O3P.Ca/c23-26(24)21-14-8-7-13-19(21)20(16-15-17-9-3-1-4-10-17)22(25-26)18-11-5-2-6-12-18;/h1-16H,(H,23,24);/q;+2/b16-15+;. The van der Waals surface area contributed by atoms with E-state index in [1.165, 1.54) is 0 Å². The molecule has 1 unspecified atom stereocenters. The minimum Gasteiger partial charge on any atom is -0.420 e. The summed E-state index contributed by atoms with van der Waals surface area (Å²) in [4.78, 5) is 10.4.